The van der Waals surface area contributed by atoms with Crippen molar-refractivity contribution in [3.63, 3.8) is 0 Å². The van der Waals surface area contributed by atoms with Gasteiger partial charge in [0.05, 0.1) is 5.92 Å². The van der Waals surface area contributed by atoms with E-state index < -0.39 is 11.9 Å². The number of hydrogen-bond acceptors (Lipinski definition) is 2. The third-order valence-corrected chi connectivity index (χ3v) is 3.69. The fourth-order valence-electron chi connectivity index (χ4n) is 2.05. The minimum Gasteiger partial charge on any atom is -0.481 e. The summed E-state index contributed by atoms with van der Waals surface area (Å²) in [5.41, 5.74) is 1.44. The van der Waals surface area contributed by atoms with Crippen LogP contribution in [-0.2, 0) is 9.59 Å². The van der Waals surface area contributed by atoms with Gasteiger partial charge in [0.2, 0.25) is 5.91 Å². The second-order valence-electron chi connectivity index (χ2n) is 5.12. The average molecular weight is 277 g/mol. The van der Waals surface area contributed by atoms with Gasteiger partial charge in [-0.15, -0.1) is 0 Å². The second-order valence-corrected chi connectivity index (χ2v) is 5.12. The lowest BCUT2D eigenvalue weighted by Gasteiger charge is -2.13. The highest BCUT2D eigenvalue weighted by molar-refractivity contribution is 5.90. The SMILES string of the molecule is CCC(CC)CC(=O)Nc1ccc(C(C)C(=O)O)cc1. The van der Waals surface area contributed by atoms with Crippen molar-refractivity contribution in [1.82, 2.24) is 0 Å². The molecule has 2 N–H and O–H groups in total. The maximum absolute atomic E-state index is 11.9. The van der Waals surface area contributed by atoms with Crippen molar-refractivity contribution in [2.45, 2.75) is 46.0 Å². The molecule has 0 saturated carbocycles. The number of benzene rings is 1. The summed E-state index contributed by atoms with van der Waals surface area (Å²) in [6, 6.07) is 6.98. The Labute approximate surface area is 120 Å². The predicted molar refractivity (Wildman–Crippen MR) is 79.8 cm³/mol. The van der Waals surface area contributed by atoms with Crippen molar-refractivity contribution < 1.29 is 14.7 Å². The molecule has 0 radical (unpaired) electrons. The number of carbonyl (C=O) groups is 2. The Balaban J connectivity index is 2.61. The minimum atomic E-state index is -0.851. The molecule has 1 atom stereocenters. The summed E-state index contributed by atoms with van der Waals surface area (Å²) in [5.74, 6) is -0.959. The Kier molecular flexibility index (Phi) is 6.22. The number of anilines is 1. The van der Waals surface area contributed by atoms with E-state index in [1.54, 1.807) is 31.2 Å². The van der Waals surface area contributed by atoms with Crippen LogP contribution in [0.4, 0.5) is 5.69 Å². The molecule has 1 aromatic carbocycles. The molecule has 0 bridgehead atoms. The van der Waals surface area contributed by atoms with Gasteiger partial charge in [0.1, 0.15) is 0 Å². The van der Waals surface area contributed by atoms with E-state index in [1.807, 2.05) is 0 Å². The van der Waals surface area contributed by atoms with Crippen molar-refractivity contribution in [3.05, 3.63) is 29.8 Å². The molecule has 1 unspecified atom stereocenters. The fourth-order valence-corrected chi connectivity index (χ4v) is 2.05. The maximum atomic E-state index is 11.9. The molecule has 0 aliphatic carbocycles. The maximum Gasteiger partial charge on any atom is 0.310 e. The molecule has 0 aromatic heterocycles. The Morgan fingerprint density at radius 2 is 1.70 bits per heavy atom. The summed E-state index contributed by atoms with van der Waals surface area (Å²) in [4.78, 5) is 22.7. The first kappa shape index (κ1) is 16.2. The van der Waals surface area contributed by atoms with Crippen LogP contribution in [0, 0.1) is 5.92 Å². The number of amides is 1. The normalized spacial score (nSPS) is 12.2. The van der Waals surface area contributed by atoms with Crippen LogP contribution in [0.1, 0.15) is 51.5 Å². The summed E-state index contributed by atoms with van der Waals surface area (Å²) < 4.78 is 0. The van der Waals surface area contributed by atoms with Crippen LogP contribution in [-0.4, -0.2) is 17.0 Å². The summed E-state index contributed by atoms with van der Waals surface area (Å²) in [6.45, 7) is 5.82. The zero-order valence-corrected chi connectivity index (χ0v) is 12.3. The molecule has 0 spiro atoms. The first-order valence-corrected chi connectivity index (χ1v) is 7.10. The van der Waals surface area contributed by atoms with Crippen LogP contribution >= 0.6 is 0 Å². The van der Waals surface area contributed by atoms with E-state index in [9.17, 15) is 9.59 Å². The summed E-state index contributed by atoms with van der Waals surface area (Å²) in [7, 11) is 0. The Hall–Kier alpha value is -1.84. The van der Waals surface area contributed by atoms with Crippen LogP contribution in [0.3, 0.4) is 0 Å². The van der Waals surface area contributed by atoms with Crippen molar-refractivity contribution >= 4 is 17.6 Å². The highest BCUT2D eigenvalue weighted by Crippen LogP contribution is 2.19. The van der Waals surface area contributed by atoms with Gasteiger partial charge in [-0.3, -0.25) is 9.59 Å². The van der Waals surface area contributed by atoms with Crippen LogP contribution in [0.2, 0.25) is 0 Å². The molecular weight excluding hydrogens is 254 g/mol. The van der Waals surface area contributed by atoms with Gasteiger partial charge in [0, 0.05) is 12.1 Å². The van der Waals surface area contributed by atoms with Gasteiger partial charge in [-0.2, -0.15) is 0 Å². The lowest BCUT2D eigenvalue weighted by Crippen LogP contribution is -2.16. The predicted octanol–water partition coefficient (Wildman–Crippen LogP) is 3.64. The topological polar surface area (TPSA) is 66.4 Å². The molecule has 20 heavy (non-hydrogen) atoms. The van der Waals surface area contributed by atoms with Gasteiger partial charge in [-0.25, -0.2) is 0 Å². The standard InChI is InChI=1S/C16H23NO3/c1-4-12(5-2)10-15(18)17-14-8-6-13(7-9-14)11(3)16(19)20/h6-9,11-12H,4-5,10H2,1-3H3,(H,17,18)(H,19,20). The Bertz CT molecular complexity index is 449. The minimum absolute atomic E-state index is 0.0118. The summed E-state index contributed by atoms with van der Waals surface area (Å²) in [6.07, 6.45) is 2.53. The molecular formula is C16H23NO3. The van der Waals surface area contributed by atoms with E-state index in [0.717, 1.165) is 18.4 Å². The monoisotopic (exact) mass is 277 g/mol. The number of rotatable bonds is 7. The van der Waals surface area contributed by atoms with Crippen LogP contribution in [0.25, 0.3) is 0 Å². The van der Waals surface area contributed by atoms with Gasteiger partial charge in [0.25, 0.3) is 0 Å². The molecule has 0 aliphatic rings. The molecule has 4 heteroatoms. The van der Waals surface area contributed by atoms with Gasteiger partial charge in [0.15, 0.2) is 0 Å². The van der Waals surface area contributed by atoms with Gasteiger partial charge >= 0.3 is 5.97 Å². The molecule has 1 rings (SSSR count). The van der Waals surface area contributed by atoms with Crippen LogP contribution in [0.5, 0.6) is 0 Å². The van der Waals surface area contributed by atoms with Crippen molar-refractivity contribution in [3.8, 4) is 0 Å². The highest BCUT2D eigenvalue weighted by Gasteiger charge is 2.14. The molecule has 1 amide bonds. The number of carboxylic acid groups (broad SMARTS) is 1. The summed E-state index contributed by atoms with van der Waals surface area (Å²) in [5, 5.41) is 11.8. The lowest BCUT2D eigenvalue weighted by atomic mass is 9.99. The van der Waals surface area contributed by atoms with Gasteiger partial charge in [-0.1, -0.05) is 38.8 Å². The molecule has 0 aliphatic heterocycles. The van der Waals surface area contributed by atoms with E-state index in [2.05, 4.69) is 19.2 Å². The smallest absolute Gasteiger partial charge is 0.310 e. The first-order chi connectivity index (χ1) is 9.47. The number of carbonyl (C=O) groups excluding carboxylic acids is 1. The van der Waals surface area contributed by atoms with E-state index in [4.69, 9.17) is 5.11 Å². The molecule has 1 aromatic rings. The molecule has 0 fully saturated rings. The lowest BCUT2D eigenvalue weighted by molar-refractivity contribution is -0.138. The van der Waals surface area contributed by atoms with Gasteiger partial charge in [-0.05, 0) is 30.5 Å². The number of aliphatic carboxylic acids is 1. The zero-order valence-electron chi connectivity index (χ0n) is 12.3. The number of carboxylic acids is 1. The zero-order chi connectivity index (χ0) is 15.1. The van der Waals surface area contributed by atoms with Crippen LogP contribution < -0.4 is 5.32 Å². The third-order valence-electron chi connectivity index (χ3n) is 3.69. The Morgan fingerprint density at radius 3 is 2.15 bits per heavy atom. The van der Waals surface area contributed by atoms with Gasteiger partial charge < -0.3 is 10.4 Å². The van der Waals surface area contributed by atoms with E-state index in [1.165, 1.54) is 0 Å². The second kappa shape index (κ2) is 7.68. The van der Waals surface area contributed by atoms with E-state index >= 15 is 0 Å². The number of hydrogen-bond donors (Lipinski definition) is 2. The van der Waals surface area contributed by atoms with E-state index in [-0.39, 0.29) is 5.91 Å². The quantitative estimate of drug-likeness (QED) is 0.799. The van der Waals surface area contributed by atoms with Crippen molar-refractivity contribution in [2.24, 2.45) is 5.92 Å². The van der Waals surface area contributed by atoms with E-state index in [0.29, 0.717) is 18.0 Å². The third kappa shape index (κ3) is 4.68. The van der Waals surface area contributed by atoms with Crippen molar-refractivity contribution in [2.75, 3.05) is 5.32 Å². The molecule has 4 nitrogen and oxygen atoms in total. The number of nitrogens with one attached hydrogen (secondary N) is 1. The average Bonchev–Trinajstić information content (AvgIpc) is 2.44. The largest absolute Gasteiger partial charge is 0.481 e. The fraction of sp³-hybridized carbons (Fsp3) is 0.500. The Morgan fingerprint density at radius 1 is 1.15 bits per heavy atom. The molecule has 110 valence electrons. The van der Waals surface area contributed by atoms with Crippen LogP contribution in [0.15, 0.2) is 24.3 Å². The molecule has 0 saturated heterocycles. The molecule has 0 heterocycles. The highest BCUT2D eigenvalue weighted by atomic mass is 16.4. The summed E-state index contributed by atoms with van der Waals surface area (Å²) >= 11 is 0. The van der Waals surface area contributed by atoms with Crippen molar-refractivity contribution in [1.29, 1.82) is 0 Å². The first-order valence-electron chi connectivity index (χ1n) is 7.10.